The maximum atomic E-state index is 12.1. The summed E-state index contributed by atoms with van der Waals surface area (Å²) < 4.78 is 10.8. The number of hydrogen-bond acceptors (Lipinski definition) is 4. The monoisotopic (exact) mass is 390 g/mol. The van der Waals surface area contributed by atoms with Gasteiger partial charge in [-0.15, -0.1) is 0 Å². The van der Waals surface area contributed by atoms with Gasteiger partial charge in [0.2, 0.25) is 0 Å². The van der Waals surface area contributed by atoms with Crippen molar-refractivity contribution < 1.29 is 14.3 Å². The summed E-state index contributed by atoms with van der Waals surface area (Å²) in [5.74, 6) is 1.34. The Morgan fingerprint density at radius 1 is 0.862 bits per heavy atom. The first-order chi connectivity index (χ1) is 14.1. The van der Waals surface area contributed by atoms with Gasteiger partial charge < -0.3 is 20.1 Å². The molecular formula is C24H26N2O3. The Kier molecular flexibility index (Phi) is 7.25. The van der Waals surface area contributed by atoms with E-state index in [0.29, 0.717) is 12.3 Å². The topological polar surface area (TPSA) is 59.6 Å². The SMILES string of the molecule is COc1ccc(CNCc2cccc(OCC(=O)Nc3ccc(C)cc3)c2)cc1. The van der Waals surface area contributed by atoms with E-state index in [4.69, 9.17) is 9.47 Å². The third-order valence-electron chi connectivity index (χ3n) is 4.42. The molecule has 5 nitrogen and oxygen atoms in total. The fourth-order valence-corrected chi connectivity index (χ4v) is 2.82. The van der Waals surface area contributed by atoms with Crippen LogP contribution in [0.5, 0.6) is 11.5 Å². The Bertz CT molecular complexity index is 922. The summed E-state index contributed by atoms with van der Waals surface area (Å²) in [6.07, 6.45) is 0. The summed E-state index contributed by atoms with van der Waals surface area (Å²) >= 11 is 0. The second-order valence-electron chi connectivity index (χ2n) is 6.80. The second kappa shape index (κ2) is 10.3. The van der Waals surface area contributed by atoms with Gasteiger partial charge in [0.15, 0.2) is 6.61 Å². The van der Waals surface area contributed by atoms with Crippen LogP contribution in [0.1, 0.15) is 16.7 Å². The minimum absolute atomic E-state index is 0.0311. The van der Waals surface area contributed by atoms with Crippen molar-refractivity contribution in [3.05, 3.63) is 89.5 Å². The van der Waals surface area contributed by atoms with Crippen LogP contribution >= 0.6 is 0 Å². The minimum Gasteiger partial charge on any atom is -0.497 e. The van der Waals surface area contributed by atoms with Crippen molar-refractivity contribution >= 4 is 11.6 Å². The molecule has 2 N–H and O–H groups in total. The zero-order chi connectivity index (χ0) is 20.5. The predicted molar refractivity (Wildman–Crippen MR) is 115 cm³/mol. The van der Waals surface area contributed by atoms with Gasteiger partial charge >= 0.3 is 0 Å². The molecule has 0 heterocycles. The van der Waals surface area contributed by atoms with Crippen LogP contribution in [0.2, 0.25) is 0 Å². The molecule has 29 heavy (non-hydrogen) atoms. The van der Waals surface area contributed by atoms with E-state index in [2.05, 4.69) is 10.6 Å². The first-order valence-electron chi connectivity index (χ1n) is 9.54. The van der Waals surface area contributed by atoms with Gasteiger partial charge in [0, 0.05) is 18.8 Å². The Balaban J connectivity index is 1.44. The number of hydrogen-bond donors (Lipinski definition) is 2. The Hall–Kier alpha value is -3.31. The van der Waals surface area contributed by atoms with Crippen molar-refractivity contribution in [3.8, 4) is 11.5 Å². The number of benzene rings is 3. The quantitative estimate of drug-likeness (QED) is 0.572. The molecule has 150 valence electrons. The molecule has 3 aromatic carbocycles. The molecule has 0 radical (unpaired) electrons. The van der Waals surface area contributed by atoms with Gasteiger partial charge in [-0.1, -0.05) is 42.0 Å². The molecule has 0 aromatic heterocycles. The van der Waals surface area contributed by atoms with Gasteiger partial charge in [0.05, 0.1) is 7.11 Å². The molecule has 0 unspecified atom stereocenters. The molecule has 0 fully saturated rings. The zero-order valence-corrected chi connectivity index (χ0v) is 16.8. The van der Waals surface area contributed by atoms with E-state index in [1.165, 1.54) is 5.56 Å². The molecule has 3 rings (SSSR count). The van der Waals surface area contributed by atoms with Crippen LogP contribution in [0.15, 0.2) is 72.8 Å². The minimum atomic E-state index is -0.183. The van der Waals surface area contributed by atoms with Crippen molar-refractivity contribution in [2.75, 3.05) is 19.0 Å². The van der Waals surface area contributed by atoms with Crippen LogP contribution in [0.25, 0.3) is 0 Å². The molecule has 0 saturated heterocycles. The predicted octanol–water partition coefficient (Wildman–Crippen LogP) is 4.31. The lowest BCUT2D eigenvalue weighted by Gasteiger charge is -2.10. The fraction of sp³-hybridized carbons (Fsp3) is 0.208. The van der Waals surface area contributed by atoms with Crippen molar-refractivity contribution in [2.45, 2.75) is 20.0 Å². The van der Waals surface area contributed by atoms with Gasteiger partial charge in [-0.2, -0.15) is 0 Å². The molecule has 5 heteroatoms. The molecule has 1 amide bonds. The Morgan fingerprint density at radius 2 is 1.59 bits per heavy atom. The largest absolute Gasteiger partial charge is 0.497 e. The number of amides is 1. The van der Waals surface area contributed by atoms with Crippen molar-refractivity contribution in [3.63, 3.8) is 0 Å². The lowest BCUT2D eigenvalue weighted by Crippen LogP contribution is -2.20. The van der Waals surface area contributed by atoms with Crippen molar-refractivity contribution in [1.29, 1.82) is 0 Å². The number of ether oxygens (including phenoxy) is 2. The fourth-order valence-electron chi connectivity index (χ4n) is 2.82. The Morgan fingerprint density at radius 3 is 2.31 bits per heavy atom. The maximum absolute atomic E-state index is 12.1. The molecule has 0 aliphatic heterocycles. The van der Waals surface area contributed by atoms with E-state index in [1.54, 1.807) is 7.11 Å². The summed E-state index contributed by atoms with van der Waals surface area (Å²) in [4.78, 5) is 12.1. The smallest absolute Gasteiger partial charge is 0.262 e. The number of methoxy groups -OCH3 is 1. The van der Waals surface area contributed by atoms with Crippen LogP contribution < -0.4 is 20.1 Å². The van der Waals surface area contributed by atoms with E-state index in [9.17, 15) is 4.79 Å². The summed E-state index contributed by atoms with van der Waals surface area (Å²) in [7, 11) is 1.66. The molecule has 0 aliphatic carbocycles. The number of anilines is 1. The first-order valence-corrected chi connectivity index (χ1v) is 9.54. The van der Waals surface area contributed by atoms with E-state index in [-0.39, 0.29) is 12.5 Å². The Labute approximate surface area is 171 Å². The van der Waals surface area contributed by atoms with Crippen LogP contribution in [0.4, 0.5) is 5.69 Å². The number of carbonyl (C=O) groups excluding carboxylic acids is 1. The van der Waals surface area contributed by atoms with Gasteiger partial charge in [-0.05, 0) is 54.4 Å². The highest BCUT2D eigenvalue weighted by atomic mass is 16.5. The molecular weight excluding hydrogens is 364 g/mol. The number of nitrogens with one attached hydrogen (secondary N) is 2. The van der Waals surface area contributed by atoms with E-state index in [0.717, 1.165) is 29.1 Å². The summed E-state index contributed by atoms with van der Waals surface area (Å²) in [5.41, 5.74) is 4.19. The highest BCUT2D eigenvalue weighted by Gasteiger charge is 2.04. The lowest BCUT2D eigenvalue weighted by molar-refractivity contribution is -0.118. The second-order valence-corrected chi connectivity index (χ2v) is 6.80. The average molecular weight is 390 g/mol. The van der Waals surface area contributed by atoms with Crippen LogP contribution in [0, 0.1) is 6.92 Å². The molecule has 0 bridgehead atoms. The number of rotatable bonds is 9. The van der Waals surface area contributed by atoms with Crippen molar-refractivity contribution in [1.82, 2.24) is 5.32 Å². The number of aryl methyl sites for hydroxylation is 1. The highest BCUT2D eigenvalue weighted by molar-refractivity contribution is 5.91. The summed E-state index contributed by atoms with van der Waals surface area (Å²) in [5, 5.41) is 6.24. The summed E-state index contributed by atoms with van der Waals surface area (Å²) in [6.45, 7) is 3.44. The maximum Gasteiger partial charge on any atom is 0.262 e. The van der Waals surface area contributed by atoms with Gasteiger partial charge in [-0.25, -0.2) is 0 Å². The third-order valence-corrected chi connectivity index (χ3v) is 4.42. The molecule has 3 aromatic rings. The molecule has 0 saturated carbocycles. The number of carbonyl (C=O) groups is 1. The average Bonchev–Trinajstić information content (AvgIpc) is 2.75. The third kappa shape index (κ3) is 6.66. The first kappa shape index (κ1) is 20.4. The van der Waals surface area contributed by atoms with Gasteiger partial charge in [0.1, 0.15) is 11.5 Å². The standard InChI is InChI=1S/C24H26N2O3/c1-18-6-10-21(11-7-18)26-24(27)17-29-23-5-3-4-20(14-23)16-25-15-19-8-12-22(28-2)13-9-19/h3-14,25H,15-17H2,1-2H3,(H,26,27). The zero-order valence-electron chi connectivity index (χ0n) is 16.8. The van der Waals surface area contributed by atoms with E-state index in [1.807, 2.05) is 79.7 Å². The molecule has 0 atom stereocenters. The van der Waals surface area contributed by atoms with Crippen LogP contribution in [-0.2, 0) is 17.9 Å². The van der Waals surface area contributed by atoms with E-state index >= 15 is 0 Å². The van der Waals surface area contributed by atoms with Gasteiger partial charge in [-0.3, -0.25) is 4.79 Å². The van der Waals surface area contributed by atoms with E-state index < -0.39 is 0 Å². The molecule has 0 spiro atoms. The van der Waals surface area contributed by atoms with Crippen LogP contribution in [-0.4, -0.2) is 19.6 Å². The van der Waals surface area contributed by atoms with Crippen LogP contribution in [0.3, 0.4) is 0 Å². The van der Waals surface area contributed by atoms with Crippen molar-refractivity contribution in [2.24, 2.45) is 0 Å². The summed E-state index contributed by atoms with van der Waals surface area (Å²) in [6, 6.07) is 23.4. The highest BCUT2D eigenvalue weighted by Crippen LogP contribution is 2.15. The van der Waals surface area contributed by atoms with Gasteiger partial charge in [0.25, 0.3) is 5.91 Å². The normalized spacial score (nSPS) is 10.4. The molecule has 0 aliphatic rings. The lowest BCUT2D eigenvalue weighted by atomic mass is 10.2.